The number of carboxylic acid groups (broad SMARTS) is 2. The number of hydrogen-bond donors (Lipinski definition) is 3. The zero-order valence-electron chi connectivity index (χ0n) is 11.5. The third-order valence-electron chi connectivity index (χ3n) is 3.33. The summed E-state index contributed by atoms with van der Waals surface area (Å²) in [6, 6.07) is 7.58. The highest BCUT2D eigenvalue weighted by molar-refractivity contribution is 5.86. The number of rotatable bonds is 5. The highest BCUT2D eigenvalue weighted by Crippen LogP contribution is 2.18. The lowest BCUT2D eigenvalue weighted by molar-refractivity contribution is -0.138. The number of aromatic carboxylic acids is 1. The summed E-state index contributed by atoms with van der Waals surface area (Å²) in [6.07, 6.45) is 1.90. The first kappa shape index (κ1) is 14.8. The minimum atomic E-state index is -1.04. The third kappa shape index (κ3) is 3.11. The molecule has 1 atom stereocenters. The van der Waals surface area contributed by atoms with Crippen LogP contribution in [0, 0.1) is 6.92 Å². The van der Waals surface area contributed by atoms with Crippen LogP contribution in [-0.2, 0) is 11.2 Å². The molecule has 0 radical (unpaired) electrons. The van der Waals surface area contributed by atoms with E-state index in [4.69, 9.17) is 15.9 Å². The van der Waals surface area contributed by atoms with Crippen molar-refractivity contribution in [3.63, 3.8) is 0 Å². The van der Waals surface area contributed by atoms with E-state index >= 15 is 0 Å². The molecule has 0 saturated carbocycles. The number of carbonyl (C=O) groups is 2. The Labute approximate surface area is 121 Å². The average molecular weight is 288 g/mol. The molecule has 110 valence electrons. The fourth-order valence-corrected chi connectivity index (χ4v) is 2.16. The predicted molar refractivity (Wildman–Crippen MR) is 76.8 cm³/mol. The van der Waals surface area contributed by atoms with E-state index in [0.717, 1.165) is 11.1 Å². The maximum absolute atomic E-state index is 11.1. The standard InChI is InChI=1S/C15H16N2O4/c1-9-7-11(17-6-2-3-13(17)15(20)21)5-4-10(9)8-12(16)14(18)19/h2-7,12H,8,16H2,1H3,(H,18,19)(H,20,21)/t12-/m0/s1. The van der Waals surface area contributed by atoms with Crippen molar-refractivity contribution in [3.05, 3.63) is 53.3 Å². The Morgan fingerprint density at radius 1 is 1.29 bits per heavy atom. The third-order valence-corrected chi connectivity index (χ3v) is 3.33. The minimum Gasteiger partial charge on any atom is -0.480 e. The minimum absolute atomic E-state index is 0.171. The molecule has 21 heavy (non-hydrogen) atoms. The van der Waals surface area contributed by atoms with E-state index in [1.54, 1.807) is 29.0 Å². The van der Waals surface area contributed by atoms with Gasteiger partial charge in [0.25, 0.3) is 0 Å². The van der Waals surface area contributed by atoms with Gasteiger partial charge in [0, 0.05) is 11.9 Å². The van der Waals surface area contributed by atoms with Crippen molar-refractivity contribution in [2.75, 3.05) is 0 Å². The second kappa shape index (κ2) is 5.80. The average Bonchev–Trinajstić information content (AvgIpc) is 2.90. The number of nitrogens with zero attached hydrogens (tertiary/aromatic N) is 1. The maximum Gasteiger partial charge on any atom is 0.352 e. The lowest BCUT2D eigenvalue weighted by Gasteiger charge is -2.12. The zero-order chi connectivity index (χ0) is 15.6. The van der Waals surface area contributed by atoms with Gasteiger partial charge >= 0.3 is 11.9 Å². The van der Waals surface area contributed by atoms with Crippen molar-refractivity contribution in [3.8, 4) is 5.69 Å². The first-order chi connectivity index (χ1) is 9.90. The van der Waals surface area contributed by atoms with Gasteiger partial charge in [0.15, 0.2) is 0 Å². The summed E-state index contributed by atoms with van der Waals surface area (Å²) in [5, 5.41) is 18.0. The quantitative estimate of drug-likeness (QED) is 0.772. The van der Waals surface area contributed by atoms with Crippen LogP contribution in [0.4, 0.5) is 0 Å². The van der Waals surface area contributed by atoms with Crippen LogP contribution in [0.1, 0.15) is 21.6 Å². The fourth-order valence-electron chi connectivity index (χ4n) is 2.16. The highest BCUT2D eigenvalue weighted by Gasteiger charge is 2.15. The van der Waals surface area contributed by atoms with E-state index in [1.807, 2.05) is 13.0 Å². The van der Waals surface area contributed by atoms with E-state index in [-0.39, 0.29) is 12.1 Å². The van der Waals surface area contributed by atoms with Crippen LogP contribution in [-0.4, -0.2) is 32.8 Å². The molecule has 6 heteroatoms. The number of aliphatic carboxylic acids is 1. The summed E-state index contributed by atoms with van der Waals surface area (Å²) in [4.78, 5) is 21.9. The Bertz CT molecular complexity index is 691. The van der Waals surface area contributed by atoms with Crippen LogP contribution in [0.25, 0.3) is 5.69 Å². The molecule has 0 bridgehead atoms. The molecule has 0 aliphatic rings. The van der Waals surface area contributed by atoms with E-state index in [1.165, 1.54) is 6.07 Å². The van der Waals surface area contributed by atoms with Gasteiger partial charge in [0.1, 0.15) is 11.7 Å². The van der Waals surface area contributed by atoms with Gasteiger partial charge in [-0.15, -0.1) is 0 Å². The van der Waals surface area contributed by atoms with E-state index in [0.29, 0.717) is 5.69 Å². The second-order valence-electron chi connectivity index (χ2n) is 4.83. The second-order valence-corrected chi connectivity index (χ2v) is 4.83. The number of benzene rings is 1. The van der Waals surface area contributed by atoms with Crippen molar-refractivity contribution < 1.29 is 19.8 Å². The molecule has 0 spiro atoms. The maximum atomic E-state index is 11.1. The molecular formula is C15H16N2O4. The van der Waals surface area contributed by atoms with Gasteiger partial charge in [-0.1, -0.05) is 6.07 Å². The van der Waals surface area contributed by atoms with Crippen molar-refractivity contribution >= 4 is 11.9 Å². The smallest absolute Gasteiger partial charge is 0.352 e. The van der Waals surface area contributed by atoms with Crippen molar-refractivity contribution in [2.24, 2.45) is 5.73 Å². The van der Waals surface area contributed by atoms with Gasteiger partial charge in [0.2, 0.25) is 0 Å². The summed E-state index contributed by atoms with van der Waals surface area (Å²) < 4.78 is 1.57. The molecule has 2 rings (SSSR count). The van der Waals surface area contributed by atoms with Crippen LogP contribution in [0.5, 0.6) is 0 Å². The largest absolute Gasteiger partial charge is 0.480 e. The lowest BCUT2D eigenvalue weighted by Crippen LogP contribution is -2.32. The molecule has 1 heterocycles. The molecule has 0 amide bonds. The van der Waals surface area contributed by atoms with Gasteiger partial charge in [-0.25, -0.2) is 4.79 Å². The van der Waals surface area contributed by atoms with Crippen molar-refractivity contribution in [1.82, 2.24) is 4.57 Å². The molecule has 2 aromatic rings. The molecule has 0 aliphatic carbocycles. The summed E-state index contributed by atoms with van der Waals surface area (Å²) >= 11 is 0. The van der Waals surface area contributed by atoms with Crippen LogP contribution >= 0.6 is 0 Å². The zero-order valence-corrected chi connectivity index (χ0v) is 11.5. The normalized spacial score (nSPS) is 12.1. The molecule has 0 unspecified atom stereocenters. The molecule has 1 aromatic heterocycles. The Kier molecular flexibility index (Phi) is 4.09. The first-order valence-corrected chi connectivity index (χ1v) is 6.39. The molecule has 1 aromatic carbocycles. The van der Waals surface area contributed by atoms with E-state index in [2.05, 4.69) is 0 Å². The van der Waals surface area contributed by atoms with Crippen LogP contribution in [0.2, 0.25) is 0 Å². The highest BCUT2D eigenvalue weighted by atomic mass is 16.4. The van der Waals surface area contributed by atoms with E-state index < -0.39 is 18.0 Å². The summed E-state index contributed by atoms with van der Waals surface area (Å²) in [5.41, 5.74) is 8.11. The Hall–Kier alpha value is -2.60. The number of aryl methyl sites for hydroxylation is 1. The predicted octanol–water partition coefficient (Wildman–Crippen LogP) is 1.44. The molecule has 0 aliphatic heterocycles. The SMILES string of the molecule is Cc1cc(-n2cccc2C(=O)O)ccc1C[C@H](N)C(=O)O. The Morgan fingerprint density at radius 2 is 2.00 bits per heavy atom. The number of aromatic nitrogens is 1. The van der Waals surface area contributed by atoms with Gasteiger partial charge in [-0.05, 0) is 48.7 Å². The van der Waals surface area contributed by atoms with E-state index in [9.17, 15) is 9.59 Å². The lowest BCUT2D eigenvalue weighted by atomic mass is 10.0. The molecule has 0 saturated heterocycles. The number of hydrogen-bond acceptors (Lipinski definition) is 3. The topological polar surface area (TPSA) is 106 Å². The van der Waals surface area contributed by atoms with Gasteiger partial charge < -0.3 is 20.5 Å². The van der Waals surface area contributed by atoms with Gasteiger partial charge in [0.05, 0.1) is 0 Å². The Morgan fingerprint density at radius 3 is 2.57 bits per heavy atom. The molecule has 6 nitrogen and oxygen atoms in total. The summed E-state index contributed by atoms with van der Waals surface area (Å²) in [6.45, 7) is 1.84. The number of carboxylic acids is 2. The van der Waals surface area contributed by atoms with Crippen LogP contribution in [0.3, 0.4) is 0 Å². The van der Waals surface area contributed by atoms with Crippen molar-refractivity contribution in [1.29, 1.82) is 0 Å². The van der Waals surface area contributed by atoms with Gasteiger partial charge in [-0.2, -0.15) is 0 Å². The number of nitrogens with two attached hydrogens (primary N) is 1. The monoisotopic (exact) mass is 288 g/mol. The van der Waals surface area contributed by atoms with Gasteiger partial charge in [-0.3, -0.25) is 4.79 Å². The molecular weight excluding hydrogens is 272 g/mol. The van der Waals surface area contributed by atoms with Crippen molar-refractivity contribution in [2.45, 2.75) is 19.4 Å². The summed E-state index contributed by atoms with van der Waals surface area (Å²) in [7, 11) is 0. The molecule has 0 fully saturated rings. The molecule has 4 N–H and O–H groups in total. The fraction of sp³-hybridized carbons (Fsp3) is 0.200. The van der Waals surface area contributed by atoms with Crippen LogP contribution in [0.15, 0.2) is 36.5 Å². The summed E-state index contributed by atoms with van der Waals surface area (Å²) in [5.74, 6) is -2.05. The Balaban J connectivity index is 2.33. The first-order valence-electron chi connectivity index (χ1n) is 6.39. The van der Waals surface area contributed by atoms with Crippen LogP contribution < -0.4 is 5.73 Å².